The van der Waals surface area contributed by atoms with Crippen molar-refractivity contribution in [3.05, 3.63) is 124 Å². The molecule has 0 radical (unpaired) electrons. The van der Waals surface area contributed by atoms with E-state index in [2.05, 4.69) is 93.5 Å². The van der Waals surface area contributed by atoms with Gasteiger partial charge in [-0.2, -0.15) is 5.10 Å². The molecule has 0 spiro atoms. The molecule has 1 amide bonds. The predicted molar refractivity (Wildman–Crippen MR) is 168 cm³/mol. The number of benzene rings is 3. The first-order valence-corrected chi connectivity index (χ1v) is 15.5. The third-order valence-corrected chi connectivity index (χ3v) is 9.38. The van der Waals surface area contributed by atoms with Crippen molar-refractivity contribution < 1.29 is 4.79 Å². The second-order valence-electron chi connectivity index (χ2n) is 11.8. The van der Waals surface area contributed by atoms with Crippen LogP contribution in [0.4, 0.5) is 0 Å². The van der Waals surface area contributed by atoms with Crippen molar-refractivity contribution >= 4 is 17.5 Å². The Labute approximate surface area is 254 Å². The number of hydrogen-bond donors (Lipinski definition) is 0. The van der Waals surface area contributed by atoms with Crippen molar-refractivity contribution in [1.29, 1.82) is 0 Å². The maximum absolute atomic E-state index is 11.8. The van der Waals surface area contributed by atoms with Gasteiger partial charge in [0.1, 0.15) is 0 Å². The summed E-state index contributed by atoms with van der Waals surface area (Å²) in [6.45, 7) is 9.47. The average molecular weight is 582 g/mol. The molecule has 218 valence electrons. The first kappa shape index (κ1) is 28.7. The van der Waals surface area contributed by atoms with Gasteiger partial charge in [0.25, 0.3) is 0 Å². The fourth-order valence-electron chi connectivity index (χ4n) is 6.65. The lowest BCUT2D eigenvalue weighted by Crippen LogP contribution is -2.47. The van der Waals surface area contributed by atoms with E-state index in [1.54, 1.807) is 6.92 Å². The van der Waals surface area contributed by atoms with Crippen LogP contribution in [-0.4, -0.2) is 69.7 Å². The van der Waals surface area contributed by atoms with Gasteiger partial charge in [0, 0.05) is 68.4 Å². The van der Waals surface area contributed by atoms with Gasteiger partial charge in [-0.15, -0.1) is 0 Å². The van der Waals surface area contributed by atoms with Crippen molar-refractivity contribution in [3.63, 3.8) is 0 Å². The van der Waals surface area contributed by atoms with Crippen LogP contribution >= 0.6 is 11.6 Å². The first-order chi connectivity index (χ1) is 20.5. The molecule has 0 N–H and O–H groups in total. The van der Waals surface area contributed by atoms with Crippen LogP contribution < -0.4 is 0 Å². The van der Waals surface area contributed by atoms with Crippen molar-refractivity contribution in [2.24, 2.45) is 0 Å². The van der Waals surface area contributed by atoms with E-state index in [9.17, 15) is 4.79 Å². The topological polar surface area (TPSA) is 44.6 Å². The number of halogens is 1. The molecule has 2 aliphatic rings. The minimum atomic E-state index is 0.0339. The van der Waals surface area contributed by atoms with E-state index in [1.165, 1.54) is 22.3 Å². The third kappa shape index (κ3) is 6.46. The van der Waals surface area contributed by atoms with Gasteiger partial charge >= 0.3 is 0 Å². The lowest BCUT2D eigenvalue weighted by Gasteiger charge is -2.43. The summed E-state index contributed by atoms with van der Waals surface area (Å²) in [6.07, 6.45) is 4.38. The molecular weight excluding hydrogens is 542 g/mol. The Morgan fingerprint density at radius 2 is 1.31 bits per heavy atom. The standard InChI is InChI=1S/C35H40ClN5O/c1-28(42)40-22-20-39(21-23-40)25-30-26-41(24-29-12-14-33(36)15-13-29)37-34(30)27-38-18-16-35(17-19-38,31-8-4-2-5-9-31)32-10-6-3-7-11-32/h2-15,26H,16-25,27H2,1H3. The van der Waals surface area contributed by atoms with Gasteiger partial charge in [-0.1, -0.05) is 84.4 Å². The molecule has 6 rings (SSSR count). The Kier molecular flexibility index (Phi) is 8.75. The van der Waals surface area contributed by atoms with E-state index < -0.39 is 0 Å². The van der Waals surface area contributed by atoms with Gasteiger partial charge in [0.2, 0.25) is 5.91 Å². The van der Waals surface area contributed by atoms with Crippen LogP contribution in [0.1, 0.15) is 47.7 Å². The van der Waals surface area contributed by atoms with Gasteiger partial charge < -0.3 is 4.90 Å². The molecule has 3 aromatic carbocycles. The molecular formula is C35H40ClN5O. The average Bonchev–Trinajstić information content (AvgIpc) is 3.39. The monoisotopic (exact) mass is 581 g/mol. The number of piperazine rings is 1. The van der Waals surface area contributed by atoms with Crippen LogP contribution in [0.2, 0.25) is 5.02 Å². The lowest BCUT2D eigenvalue weighted by molar-refractivity contribution is -0.130. The molecule has 6 nitrogen and oxygen atoms in total. The van der Waals surface area contributed by atoms with Crippen molar-refractivity contribution in [1.82, 2.24) is 24.5 Å². The summed E-state index contributed by atoms with van der Waals surface area (Å²) in [5.74, 6) is 0.165. The van der Waals surface area contributed by atoms with E-state index in [-0.39, 0.29) is 11.3 Å². The van der Waals surface area contributed by atoms with E-state index in [4.69, 9.17) is 16.7 Å². The van der Waals surface area contributed by atoms with Gasteiger partial charge in [-0.3, -0.25) is 19.3 Å². The first-order valence-electron chi connectivity index (χ1n) is 15.1. The van der Waals surface area contributed by atoms with E-state index in [0.29, 0.717) is 6.54 Å². The van der Waals surface area contributed by atoms with Crippen molar-refractivity contribution in [3.8, 4) is 0 Å². The summed E-state index contributed by atoms with van der Waals surface area (Å²) in [7, 11) is 0. The van der Waals surface area contributed by atoms with Crippen LogP contribution in [0, 0.1) is 0 Å². The number of rotatable bonds is 8. The molecule has 0 unspecified atom stereocenters. The molecule has 0 atom stereocenters. The van der Waals surface area contributed by atoms with Crippen LogP contribution in [-0.2, 0) is 29.8 Å². The zero-order chi connectivity index (χ0) is 28.9. The fraction of sp³-hybridized carbons (Fsp3) is 0.371. The smallest absolute Gasteiger partial charge is 0.219 e. The Hall–Kier alpha value is -3.45. The number of piperidine rings is 1. The van der Waals surface area contributed by atoms with Crippen molar-refractivity contribution in [2.75, 3.05) is 39.3 Å². The fourth-order valence-corrected chi connectivity index (χ4v) is 6.78. The molecule has 42 heavy (non-hydrogen) atoms. The zero-order valence-electron chi connectivity index (χ0n) is 24.5. The molecule has 1 aromatic heterocycles. The highest BCUT2D eigenvalue weighted by Gasteiger charge is 2.38. The van der Waals surface area contributed by atoms with Crippen LogP contribution in [0.3, 0.4) is 0 Å². The van der Waals surface area contributed by atoms with Gasteiger partial charge in [-0.05, 0) is 54.8 Å². The number of aromatic nitrogens is 2. The maximum atomic E-state index is 11.8. The zero-order valence-corrected chi connectivity index (χ0v) is 25.2. The van der Waals surface area contributed by atoms with Gasteiger partial charge in [-0.25, -0.2) is 0 Å². The summed E-state index contributed by atoms with van der Waals surface area (Å²) in [5, 5.41) is 5.88. The Balaban J connectivity index is 1.20. The second kappa shape index (κ2) is 12.8. The number of carbonyl (C=O) groups excluding carboxylic acids is 1. The van der Waals surface area contributed by atoms with Crippen LogP contribution in [0.25, 0.3) is 0 Å². The second-order valence-corrected chi connectivity index (χ2v) is 12.2. The molecule has 2 fully saturated rings. The molecule has 0 saturated carbocycles. The third-order valence-electron chi connectivity index (χ3n) is 9.13. The van der Waals surface area contributed by atoms with Gasteiger partial charge in [0.05, 0.1) is 12.2 Å². The lowest BCUT2D eigenvalue weighted by atomic mass is 9.68. The largest absolute Gasteiger partial charge is 0.340 e. The number of nitrogens with zero attached hydrogens (tertiary/aromatic N) is 5. The molecule has 4 aromatic rings. The summed E-state index contributed by atoms with van der Waals surface area (Å²) >= 11 is 6.13. The maximum Gasteiger partial charge on any atom is 0.219 e. The SMILES string of the molecule is CC(=O)N1CCN(Cc2cn(Cc3ccc(Cl)cc3)nc2CN2CCC(c3ccccc3)(c3ccccc3)CC2)CC1. The predicted octanol–water partition coefficient (Wildman–Crippen LogP) is 5.83. The summed E-state index contributed by atoms with van der Waals surface area (Å²) in [6, 6.07) is 30.1. The highest BCUT2D eigenvalue weighted by atomic mass is 35.5. The normalized spacial score (nSPS) is 17.8. The molecule has 0 bridgehead atoms. The van der Waals surface area contributed by atoms with Crippen molar-refractivity contribution in [2.45, 2.75) is 44.8 Å². The molecule has 2 aliphatic heterocycles. The van der Waals surface area contributed by atoms with Crippen LogP contribution in [0.15, 0.2) is 91.1 Å². The molecule has 3 heterocycles. The minimum Gasteiger partial charge on any atom is -0.340 e. The van der Waals surface area contributed by atoms with Crippen LogP contribution in [0.5, 0.6) is 0 Å². The molecule has 2 saturated heterocycles. The summed E-state index contributed by atoms with van der Waals surface area (Å²) in [5.41, 5.74) is 6.48. The Bertz CT molecular complexity index is 1410. The van der Waals surface area contributed by atoms with Gasteiger partial charge in [0.15, 0.2) is 0 Å². The van der Waals surface area contributed by atoms with E-state index in [1.807, 2.05) is 17.0 Å². The number of likely N-dealkylation sites (tertiary alicyclic amines) is 1. The quantitative estimate of drug-likeness (QED) is 0.263. The Morgan fingerprint density at radius 1 is 0.738 bits per heavy atom. The minimum absolute atomic E-state index is 0.0339. The molecule has 0 aliphatic carbocycles. The van der Waals surface area contributed by atoms with E-state index >= 15 is 0 Å². The highest BCUT2D eigenvalue weighted by molar-refractivity contribution is 6.30. The Morgan fingerprint density at radius 3 is 1.88 bits per heavy atom. The highest BCUT2D eigenvalue weighted by Crippen LogP contribution is 2.42. The number of hydrogen-bond acceptors (Lipinski definition) is 4. The number of amides is 1. The summed E-state index contributed by atoms with van der Waals surface area (Å²) < 4.78 is 2.09. The molecule has 7 heteroatoms. The number of carbonyl (C=O) groups is 1. The summed E-state index contributed by atoms with van der Waals surface area (Å²) in [4.78, 5) is 18.8. The van der Waals surface area contributed by atoms with E-state index in [0.717, 1.165) is 75.9 Å².